The molecule has 2 rings (SSSR count). The van der Waals surface area contributed by atoms with Gasteiger partial charge in [0.25, 0.3) is 0 Å². The highest BCUT2D eigenvalue weighted by Crippen LogP contribution is 2.31. The second-order valence-corrected chi connectivity index (χ2v) is 4.56. The van der Waals surface area contributed by atoms with E-state index in [4.69, 9.17) is 4.74 Å². The number of alkyl halides is 3. The van der Waals surface area contributed by atoms with Crippen molar-refractivity contribution >= 4 is 21.4 Å². The third-order valence-corrected chi connectivity index (χ3v) is 3.15. The molecule has 0 aliphatic rings. The summed E-state index contributed by atoms with van der Waals surface area (Å²) in [5.74, 6) is -0.202. The predicted octanol–water partition coefficient (Wildman–Crippen LogP) is 3.95. The molecule has 1 heterocycles. The average molecular weight is 262 g/mol. The number of methoxy groups -OCH3 is 1. The number of ether oxygens (including phenoxy) is 2. The van der Waals surface area contributed by atoms with E-state index in [1.54, 1.807) is 19.2 Å². The van der Waals surface area contributed by atoms with Gasteiger partial charge in [-0.15, -0.1) is 24.5 Å². The lowest BCUT2D eigenvalue weighted by Gasteiger charge is -2.08. The maximum absolute atomic E-state index is 12.0. The highest BCUT2D eigenvalue weighted by atomic mass is 32.1. The highest BCUT2D eigenvalue weighted by molar-refractivity contribution is 7.19. The lowest BCUT2D eigenvalue weighted by Crippen LogP contribution is -2.16. The number of thiophene rings is 1. The zero-order valence-electron chi connectivity index (χ0n) is 8.88. The molecule has 0 saturated carbocycles. The molecule has 0 atom stereocenters. The molecule has 0 radical (unpaired) electrons. The lowest BCUT2D eigenvalue weighted by molar-refractivity contribution is -0.274. The molecule has 6 heteroatoms. The fourth-order valence-electron chi connectivity index (χ4n) is 1.49. The van der Waals surface area contributed by atoms with Gasteiger partial charge >= 0.3 is 6.36 Å². The number of fused-ring (bicyclic) bond motifs is 1. The van der Waals surface area contributed by atoms with Crippen LogP contribution in [0.1, 0.15) is 4.88 Å². The molecule has 0 spiro atoms. The largest absolute Gasteiger partial charge is 0.573 e. The Morgan fingerprint density at radius 1 is 1.24 bits per heavy atom. The minimum atomic E-state index is -4.65. The summed E-state index contributed by atoms with van der Waals surface area (Å²) in [6, 6.07) is 6.09. The molecule has 0 unspecified atom stereocenters. The van der Waals surface area contributed by atoms with Crippen LogP contribution < -0.4 is 4.74 Å². The Bertz CT molecular complexity index is 519. The first kappa shape index (κ1) is 12.2. The monoisotopic (exact) mass is 262 g/mol. The molecule has 17 heavy (non-hydrogen) atoms. The SMILES string of the molecule is COCc1cc2cc(OC(F)(F)F)ccc2s1. The maximum Gasteiger partial charge on any atom is 0.573 e. The van der Waals surface area contributed by atoms with E-state index < -0.39 is 6.36 Å². The van der Waals surface area contributed by atoms with Gasteiger partial charge in [-0.1, -0.05) is 0 Å². The summed E-state index contributed by atoms with van der Waals surface area (Å²) in [4.78, 5) is 0.964. The van der Waals surface area contributed by atoms with Crippen LogP contribution >= 0.6 is 11.3 Å². The van der Waals surface area contributed by atoms with Gasteiger partial charge in [-0.25, -0.2) is 0 Å². The van der Waals surface area contributed by atoms with Crippen molar-refractivity contribution in [3.05, 3.63) is 29.1 Å². The van der Waals surface area contributed by atoms with E-state index >= 15 is 0 Å². The second kappa shape index (κ2) is 4.54. The van der Waals surface area contributed by atoms with Gasteiger partial charge in [-0.05, 0) is 29.7 Å². The molecule has 0 aliphatic heterocycles. The van der Waals surface area contributed by atoms with Crippen LogP contribution in [0.4, 0.5) is 13.2 Å². The number of hydrogen-bond acceptors (Lipinski definition) is 3. The van der Waals surface area contributed by atoms with Crippen LogP contribution in [0.5, 0.6) is 5.75 Å². The van der Waals surface area contributed by atoms with Crippen LogP contribution in [-0.4, -0.2) is 13.5 Å². The standard InChI is InChI=1S/C11H9F3O2S/c1-15-6-9-5-7-4-8(16-11(12,13)14)2-3-10(7)17-9/h2-5H,6H2,1H3. The van der Waals surface area contributed by atoms with Crippen molar-refractivity contribution in [2.24, 2.45) is 0 Å². The summed E-state index contributed by atoms with van der Waals surface area (Å²) < 4.78 is 45.8. The Morgan fingerprint density at radius 2 is 2.00 bits per heavy atom. The van der Waals surface area contributed by atoms with E-state index in [2.05, 4.69) is 4.74 Å². The van der Waals surface area contributed by atoms with E-state index in [0.717, 1.165) is 15.0 Å². The first-order valence-electron chi connectivity index (χ1n) is 4.75. The third kappa shape index (κ3) is 3.10. The average Bonchev–Trinajstić information content (AvgIpc) is 2.57. The van der Waals surface area contributed by atoms with Crippen LogP contribution in [-0.2, 0) is 11.3 Å². The van der Waals surface area contributed by atoms with Crippen LogP contribution in [0, 0.1) is 0 Å². The third-order valence-electron chi connectivity index (χ3n) is 2.06. The van der Waals surface area contributed by atoms with Crippen molar-refractivity contribution in [1.82, 2.24) is 0 Å². The minimum absolute atomic E-state index is 0.202. The quantitative estimate of drug-likeness (QED) is 0.834. The molecule has 1 aromatic carbocycles. The van der Waals surface area contributed by atoms with E-state index in [1.807, 2.05) is 0 Å². The Labute approximate surface area is 99.6 Å². The van der Waals surface area contributed by atoms with Crippen LogP contribution in [0.3, 0.4) is 0 Å². The smallest absolute Gasteiger partial charge is 0.406 e. The topological polar surface area (TPSA) is 18.5 Å². The molecule has 0 fully saturated rings. The van der Waals surface area contributed by atoms with Crippen molar-refractivity contribution in [2.75, 3.05) is 7.11 Å². The molecule has 0 bridgehead atoms. The molecule has 1 aromatic heterocycles. The number of benzene rings is 1. The summed E-state index contributed by atoms with van der Waals surface area (Å²) in [6.45, 7) is 0.453. The van der Waals surface area contributed by atoms with Gasteiger partial charge in [0.05, 0.1) is 6.61 Å². The van der Waals surface area contributed by atoms with Crippen LogP contribution in [0.15, 0.2) is 24.3 Å². The highest BCUT2D eigenvalue weighted by Gasteiger charge is 2.31. The summed E-state index contributed by atoms with van der Waals surface area (Å²) in [7, 11) is 1.57. The lowest BCUT2D eigenvalue weighted by atomic mass is 10.2. The van der Waals surface area contributed by atoms with E-state index in [1.165, 1.54) is 23.5 Å². The van der Waals surface area contributed by atoms with Gasteiger partial charge in [0.1, 0.15) is 5.75 Å². The van der Waals surface area contributed by atoms with Gasteiger partial charge in [0, 0.05) is 16.7 Å². The number of hydrogen-bond donors (Lipinski definition) is 0. The molecule has 2 aromatic rings. The van der Waals surface area contributed by atoms with Gasteiger partial charge in [0.2, 0.25) is 0 Å². The predicted molar refractivity (Wildman–Crippen MR) is 59.2 cm³/mol. The molecule has 0 saturated heterocycles. The number of halogens is 3. The Morgan fingerprint density at radius 3 is 2.65 bits per heavy atom. The normalized spacial score (nSPS) is 12.0. The summed E-state index contributed by atoms with van der Waals surface area (Å²) >= 11 is 1.49. The molecule has 0 N–H and O–H groups in total. The fourth-order valence-corrected chi connectivity index (χ4v) is 2.50. The van der Waals surface area contributed by atoms with Crippen molar-refractivity contribution in [3.8, 4) is 5.75 Å². The van der Waals surface area contributed by atoms with Gasteiger partial charge < -0.3 is 9.47 Å². The molecule has 0 amide bonds. The molecule has 0 aliphatic carbocycles. The van der Waals surface area contributed by atoms with Crippen LogP contribution in [0.2, 0.25) is 0 Å². The van der Waals surface area contributed by atoms with Gasteiger partial charge in [-0.3, -0.25) is 0 Å². The minimum Gasteiger partial charge on any atom is -0.406 e. The maximum atomic E-state index is 12.0. The molecule has 2 nitrogen and oxygen atoms in total. The summed E-state index contributed by atoms with van der Waals surface area (Å²) in [5, 5.41) is 0.726. The second-order valence-electron chi connectivity index (χ2n) is 3.39. The van der Waals surface area contributed by atoms with Gasteiger partial charge in [-0.2, -0.15) is 0 Å². The zero-order valence-corrected chi connectivity index (χ0v) is 9.69. The van der Waals surface area contributed by atoms with Gasteiger partial charge in [0.15, 0.2) is 0 Å². The fraction of sp³-hybridized carbons (Fsp3) is 0.273. The van der Waals surface area contributed by atoms with Crippen LogP contribution in [0.25, 0.3) is 10.1 Å². The van der Waals surface area contributed by atoms with E-state index in [9.17, 15) is 13.2 Å². The first-order valence-corrected chi connectivity index (χ1v) is 5.57. The Kier molecular flexibility index (Phi) is 3.26. The Hall–Kier alpha value is -1.27. The summed E-state index contributed by atoms with van der Waals surface area (Å²) in [6.07, 6.45) is -4.65. The van der Waals surface area contributed by atoms with Crippen molar-refractivity contribution in [3.63, 3.8) is 0 Å². The molecular weight excluding hydrogens is 253 g/mol. The number of rotatable bonds is 3. The first-order chi connectivity index (χ1) is 7.98. The molecule has 92 valence electrons. The van der Waals surface area contributed by atoms with Crippen molar-refractivity contribution in [1.29, 1.82) is 0 Å². The van der Waals surface area contributed by atoms with E-state index in [-0.39, 0.29) is 5.75 Å². The van der Waals surface area contributed by atoms with E-state index in [0.29, 0.717) is 6.61 Å². The van der Waals surface area contributed by atoms with Crippen molar-refractivity contribution < 1.29 is 22.6 Å². The zero-order chi connectivity index (χ0) is 12.5. The Balaban J connectivity index is 2.30. The van der Waals surface area contributed by atoms with Crippen molar-refractivity contribution in [2.45, 2.75) is 13.0 Å². The molecular formula is C11H9F3O2S. The summed E-state index contributed by atoms with van der Waals surface area (Å²) in [5.41, 5.74) is 0.